The van der Waals surface area contributed by atoms with Crippen LogP contribution in [0.15, 0.2) is 28.8 Å². The number of benzene rings is 1. The average Bonchev–Trinajstić information content (AvgIpc) is 2.93. The van der Waals surface area contributed by atoms with Gasteiger partial charge in [-0.05, 0) is 25.0 Å². The van der Waals surface area contributed by atoms with Gasteiger partial charge in [-0.2, -0.15) is 18.2 Å². The summed E-state index contributed by atoms with van der Waals surface area (Å²) in [5.41, 5.74) is 4.81. The van der Waals surface area contributed by atoms with Crippen molar-refractivity contribution in [2.75, 3.05) is 0 Å². The Morgan fingerprint density at radius 1 is 1.26 bits per heavy atom. The molecular weight excluding hydrogens is 259 g/mol. The minimum Gasteiger partial charge on any atom is -0.337 e. The van der Waals surface area contributed by atoms with Gasteiger partial charge in [0.1, 0.15) is 0 Å². The third-order valence-electron chi connectivity index (χ3n) is 3.09. The van der Waals surface area contributed by atoms with Crippen LogP contribution in [0.1, 0.15) is 24.3 Å². The molecule has 0 spiro atoms. The van der Waals surface area contributed by atoms with Crippen LogP contribution in [0.25, 0.3) is 11.4 Å². The van der Waals surface area contributed by atoms with Crippen LogP contribution in [0.4, 0.5) is 13.2 Å². The second-order valence-corrected chi connectivity index (χ2v) is 4.66. The van der Waals surface area contributed by atoms with Gasteiger partial charge in [0, 0.05) is 5.56 Å². The molecule has 0 atom stereocenters. The molecule has 2 aromatic rings. The molecular formula is C12H10F3N3O. The van der Waals surface area contributed by atoms with Gasteiger partial charge in [0.15, 0.2) is 0 Å². The quantitative estimate of drug-likeness (QED) is 0.910. The summed E-state index contributed by atoms with van der Waals surface area (Å²) in [6.07, 6.45) is -2.90. The molecule has 1 saturated carbocycles. The molecule has 0 unspecified atom stereocenters. The highest BCUT2D eigenvalue weighted by Gasteiger charge is 2.45. The van der Waals surface area contributed by atoms with Crippen molar-refractivity contribution in [2.24, 2.45) is 5.73 Å². The first-order chi connectivity index (χ1) is 8.88. The third kappa shape index (κ3) is 2.21. The number of alkyl halides is 3. The van der Waals surface area contributed by atoms with E-state index in [2.05, 4.69) is 10.1 Å². The fourth-order valence-corrected chi connectivity index (χ4v) is 1.73. The number of hydrogen-bond donors (Lipinski definition) is 1. The van der Waals surface area contributed by atoms with E-state index in [9.17, 15) is 13.2 Å². The van der Waals surface area contributed by atoms with Gasteiger partial charge in [-0.25, -0.2) is 0 Å². The molecule has 1 fully saturated rings. The minimum absolute atomic E-state index is 0.123. The fraction of sp³-hybridized carbons (Fsp3) is 0.333. The van der Waals surface area contributed by atoms with Gasteiger partial charge in [-0.1, -0.05) is 17.3 Å². The lowest BCUT2D eigenvalue weighted by Crippen LogP contribution is -2.18. The van der Waals surface area contributed by atoms with Crippen LogP contribution in [0, 0.1) is 0 Å². The predicted octanol–water partition coefficient (Wildman–Crippen LogP) is 2.70. The van der Waals surface area contributed by atoms with Crippen LogP contribution in [-0.4, -0.2) is 10.1 Å². The molecule has 0 bridgehead atoms. The van der Waals surface area contributed by atoms with Crippen molar-refractivity contribution >= 4 is 0 Å². The number of rotatable bonds is 2. The van der Waals surface area contributed by atoms with Gasteiger partial charge in [-0.3, -0.25) is 0 Å². The molecule has 0 amide bonds. The molecule has 19 heavy (non-hydrogen) atoms. The molecule has 100 valence electrons. The molecule has 0 aliphatic heterocycles. The normalized spacial score (nSPS) is 17.5. The summed E-state index contributed by atoms with van der Waals surface area (Å²) in [4.78, 5) is 4.07. The Morgan fingerprint density at radius 2 is 2.00 bits per heavy atom. The van der Waals surface area contributed by atoms with Crippen LogP contribution >= 0.6 is 0 Å². The zero-order chi connectivity index (χ0) is 13.7. The van der Waals surface area contributed by atoms with Crippen LogP contribution in [0.3, 0.4) is 0 Å². The lowest BCUT2D eigenvalue weighted by atomic mass is 10.1. The van der Waals surface area contributed by atoms with Crippen molar-refractivity contribution in [1.29, 1.82) is 0 Å². The lowest BCUT2D eigenvalue weighted by molar-refractivity contribution is -0.137. The molecule has 7 heteroatoms. The molecule has 2 N–H and O–H groups in total. The largest absolute Gasteiger partial charge is 0.416 e. The van der Waals surface area contributed by atoms with Gasteiger partial charge in [0.2, 0.25) is 11.7 Å². The Labute approximate surface area is 106 Å². The minimum atomic E-state index is -4.39. The van der Waals surface area contributed by atoms with Gasteiger partial charge in [0.05, 0.1) is 11.1 Å². The summed E-state index contributed by atoms with van der Waals surface area (Å²) in [5, 5.41) is 3.68. The van der Waals surface area contributed by atoms with E-state index in [1.807, 2.05) is 0 Å². The van der Waals surface area contributed by atoms with Crippen LogP contribution in [0.5, 0.6) is 0 Å². The van der Waals surface area contributed by atoms with E-state index in [1.165, 1.54) is 12.1 Å². The standard InChI is InChI=1S/C12H10F3N3O/c13-12(14,15)8-3-1-2-7(6-8)9-17-10(19-18-9)11(16)4-5-11/h1-3,6H,4-5,16H2. The van der Waals surface area contributed by atoms with E-state index in [0.717, 1.165) is 25.0 Å². The van der Waals surface area contributed by atoms with E-state index in [4.69, 9.17) is 10.3 Å². The van der Waals surface area contributed by atoms with Gasteiger partial charge < -0.3 is 10.3 Å². The van der Waals surface area contributed by atoms with E-state index >= 15 is 0 Å². The van der Waals surface area contributed by atoms with Crippen molar-refractivity contribution in [2.45, 2.75) is 24.6 Å². The molecule has 1 aliphatic carbocycles. The Kier molecular flexibility index (Phi) is 2.43. The molecule has 1 heterocycles. The molecule has 3 rings (SSSR count). The second-order valence-electron chi connectivity index (χ2n) is 4.66. The Bertz CT molecular complexity index is 617. The van der Waals surface area contributed by atoms with Gasteiger partial charge in [0.25, 0.3) is 0 Å². The highest BCUT2D eigenvalue weighted by atomic mass is 19.4. The van der Waals surface area contributed by atoms with E-state index in [0.29, 0.717) is 0 Å². The highest BCUT2D eigenvalue weighted by Crippen LogP contribution is 2.42. The van der Waals surface area contributed by atoms with Crippen LogP contribution in [0.2, 0.25) is 0 Å². The smallest absolute Gasteiger partial charge is 0.337 e. The SMILES string of the molecule is NC1(c2nc(-c3cccc(C(F)(F)F)c3)no2)CC1. The second kappa shape index (κ2) is 3.80. The zero-order valence-corrected chi connectivity index (χ0v) is 9.74. The Hall–Kier alpha value is -1.89. The highest BCUT2D eigenvalue weighted by molar-refractivity contribution is 5.56. The summed E-state index contributed by atoms with van der Waals surface area (Å²) in [6, 6.07) is 4.80. The van der Waals surface area contributed by atoms with Crippen LogP contribution in [-0.2, 0) is 11.7 Å². The molecule has 4 nitrogen and oxygen atoms in total. The number of nitrogens with zero attached hydrogens (tertiary/aromatic N) is 2. The van der Waals surface area contributed by atoms with Crippen molar-refractivity contribution in [3.63, 3.8) is 0 Å². The zero-order valence-electron chi connectivity index (χ0n) is 9.74. The summed E-state index contributed by atoms with van der Waals surface area (Å²) in [6.45, 7) is 0. The first-order valence-electron chi connectivity index (χ1n) is 5.69. The monoisotopic (exact) mass is 269 g/mol. The molecule has 1 aliphatic rings. The Morgan fingerprint density at radius 3 is 2.63 bits per heavy atom. The summed E-state index contributed by atoms with van der Waals surface area (Å²) in [7, 11) is 0. The lowest BCUT2D eigenvalue weighted by Gasteiger charge is -2.06. The summed E-state index contributed by atoms with van der Waals surface area (Å²) < 4.78 is 42.8. The topological polar surface area (TPSA) is 64.9 Å². The first-order valence-corrected chi connectivity index (χ1v) is 5.69. The number of nitrogens with two attached hydrogens (primary N) is 1. The van der Waals surface area contributed by atoms with Crippen molar-refractivity contribution in [1.82, 2.24) is 10.1 Å². The van der Waals surface area contributed by atoms with E-state index < -0.39 is 17.3 Å². The third-order valence-corrected chi connectivity index (χ3v) is 3.09. The first kappa shape index (κ1) is 12.2. The van der Waals surface area contributed by atoms with Crippen LogP contribution < -0.4 is 5.73 Å². The maximum atomic E-state index is 12.6. The Balaban J connectivity index is 1.96. The molecule has 0 saturated heterocycles. The number of halogens is 3. The predicted molar refractivity (Wildman–Crippen MR) is 59.8 cm³/mol. The summed E-state index contributed by atoms with van der Waals surface area (Å²) in [5.74, 6) is 0.401. The maximum absolute atomic E-state index is 12.6. The average molecular weight is 269 g/mol. The molecule has 1 aromatic carbocycles. The fourth-order valence-electron chi connectivity index (χ4n) is 1.73. The van der Waals surface area contributed by atoms with Gasteiger partial charge >= 0.3 is 6.18 Å². The van der Waals surface area contributed by atoms with Crippen molar-refractivity contribution < 1.29 is 17.7 Å². The van der Waals surface area contributed by atoms with E-state index in [-0.39, 0.29) is 17.3 Å². The number of hydrogen-bond acceptors (Lipinski definition) is 4. The molecule has 1 aromatic heterocycles. The van der Waals surface area contributed by atoms with Gasteiger partial charge in [-0.15, -0.1) is 0 Å². The van der Waals surface area contributed by atoms with Crippen molar-refractivity contribution in [3.8, 4) is 11.4 Å². The number of aromatic nitrogens is 2. The van der Waals surface area contributed by atoms with Crippen molar-refractivity contribution in [3.05, 3.63) is 35.7 Å². The van der Waals surface area contributed by atoms with E-state index in [1.54, 1.807) is 0 Å². The summed E-state index contributed by atoms with van der Waals surface area (Å²) >= 11 is 0. The molecule has 0 radical (unpaired) electrons. The maximum Gasteiger partial charge on any atom is 0.416 e.